The van der Waals surface area contributed by atoms with Crippen molar-refractivity contribution in [3.8, 4) is 0 Å². The van der Waals surface area contributed by atoms with Gasteiger partial charge in [0.15, 0.2) is 0 Å². The standard InChI is InChI=1S/C29H50O/c1-3-5-7-8-9-10-24-11-13-25(14-12-24)26-15-17-27(18-16-26)28-19-21-29(22-20-28)30-23-6-4-2/h3,5,9-10,24-29H,4,6-8,11-23H2,1-2H3/b5-3+,10-9+. The second kappa shape index (κ2) is 13.8. The Hall–Kier alpha value is -0.560. The minimum absolute atomic E-state index is 0.580. The average molecular weight is 415 g/mol. The van der Waals surface area contributed by atoms with Crippen molar-refractivity contribution in [3.05, 3.63) is 24.3 Å². The van der Waals surface area contributed by atoms with Crippen LogP contribution in [0.1, 0.15) is 117 Å². The van der Waals surface area contributed by atoms with E-state index < -0.39 is 0 Å². The number of rotatable bonds is 10. The van der Waals surface area contributed by atoms with E-state index >= 15 is 0 Å². The topological polar surface area (TPSA) is 9.23 Å². The number of unbranched alkanes of at least 4 members (excludes halogenated alkanes) is 2. The number of hydrogen-bond donors (Lipinski definition) is 0. The summed E-state index contributed by atoms with van der Waals surface area (Å²) in [6, 6.07) is 0. The summed E-state index contributed by atoms with van der Waals surface area (Å²) in [5, 5.41) is 0. The molecule has 0 heterocycles. The Balaban J connectivity index is 1.29. The van der Waals surface area contributed by atoms with E-state index in [1.807, 2.05) is 0 Å². The van der Waals surface area contributed by atoms with Crippen LogP contribution >= 0.6 is 0 Å². The average Bonchev–Trinajstić information content (AvgIpc) is 2.80. The van der Waals surface area contributed by atoms with Crippen LogP contribution in [0.4, 0.5) is 0 Å². The van der Waals surface area contributed by atoms with E-state index in [1.165, 1.54) is 103 Å². The van der Waals surface area contributed by atoms with Gasteiger partial charge in [0.2, 0.25) is 0 Å². The van der Waals surface area contributed by atoms with Crippen LogP contribution in [-0.2, 0) is 4.74 Å². The summed E-state index contributed by atoms with van der Waals surface area (Å²) >= 11 is 0. The van der Waals surface area contributed by atoms with Crippen molar-refractivity contribution in [2.24, 2.45) is 29.6 Å². The summed E-state index contributed by atoms with van der Waals surface area (Å²) in [6.45, 7) is 5.37. The van der Waals surface area contributed by atoms with E-state index in [9.17, 15) is 0 Å². The highest BCUT2D eigenvalue weighted by Crippen LogP contribution is 2.45. The van der Waals surface area contributed by atoms with E-state index in [4.69, 9.17) is 4.74 Å². The van der Waals surface area contributed by atoms with Crippen molar-refractivity contribution in [2.75, 3.05) is 6.61 Å². The highest BCUT2D eigenvalue weighted by molar-refractivity contribution is 4.94. The Morgan fingerprint density at radius 3 is 1.70 bits per heavy atom. The predicted octanol–water partition coefficient (Wildman–Crippen LogP) is 8.89. The molecule has 30 heavy (non-hydrogen) atoms. The summed E-state index contributed by atoms with van der Waals surface area (Å²) in [4.78, 5) is 0. The minimum Gasteiger partial charge on any atom is -0.378 e. The summed E-state index contributed by atoms with van der Waals surface area (Å²) in [6.07, 6.45) is 32.5. The van der Waals surface area contributed by atoms with Gasteiger partial charge in [0.05, 0.1) is 6.10 Å². The van der Waals surface area contributed by atoms with Crippen LogP contribution in [-0.4, -0.2) is 12.7 Å². The normalized spacial score (nSPS) is 35.9. The fourth-order valence-corrected chi connectivity index (χ4v) is 6.67. The van der Waals surface area contributed by atoms with Crippen molar-refractivity contribution in [1.29, 1.82) is 0 Å². The van der Waals surface area contributed by atoms with Crippen molar-refractivity contribution in [1.82, 2.24) is 0 Å². The molecule has 0 N–H and O–H groups in total. The highest BCUT2D eigenvalue weighted by atomic mass is 16.5. The molecule has 0 aromatic carbocycles. The summed E-state index contributed by atoms with van der Waals surface area (Å²) < 4.78 is 6.10. The maximum absolute atomic E-state index is 6.10. The van der Waals surface area contributed by atoms with Crippen LogP contribution in [0.25, 0.3) is 0 Å². The Morgan fingerprint density at radius 1 is 0.667 bits per heavy atom. The number of hydrogen-bond acceptors (Lipinski definition) is 1. The van der Waals surface area contributed by atoms with Gasteiger partial charge in [-0.25, -0.2) is 0 Å². The zero-order valence-electron chi connectivity index (χ0n) is 20.2. The number of ether oxygens (including phenoxy) is 1. The molecule has 3 fully saturated rings. The van der Waals surface area contributed by atoms with E-state index in [0.717, 1.165) is 36.2 Å². The van der Waals surface area contributed by atoms with Gasteiger partial charge >= 0.3 is 0 Å². The van der Waals surface area contributed by atoms with Gasteiger partial charge in [0, 0.05) is 6.61 Å². The third-order valence-electron chi connectivity index (χ3n) is 8.68. The summed E-state index contributed by atoms with van der Waals surface area (Å²) in [7, 11) is 0. The van der Waals surface area contributed by atoms with Crippen molar-refractivity contribution in [3.63, 3.8) is 0 Å². The van der Waals surface area contributed by atoms with Gasteiger partial charge in [-0.2, -0.15) is 0 Å². The van der Waals surface area contributed by atoms with Crippen LogP contribution in [0, 0.1) is 29.6 Å². The lowest BCUT2D eigenvalue weighted by Crippen LogP contribution is -2.31. The highest BCUT2D eigenvalue weighted by Gasteiger charge is 2.34. The van der Waals surface area contributed by atoms with Gasteiger partial charge in [-0.05, 0) is 133 Å². The third-order valence-corrected chi connectivity index (χ3v) is 8.68. The number of allylic oxidation sites excluding steroid dienone is 4. The molecule has 0 unspecified atom stereocenters. The molecule has 0 aliphatic heterocycles. The molecule has 0 saturated heterocycles. The first-order valence-electron chi connectivity index (χ1n) is 13.7. The lowest BCUT2D eigenvalue weighted by Gasteiger charge is -2.41. The zero-order chi connectivity index (χ0) is 21.0. The fourth-order valence-electron chi connectivity index (χ4n) is 6.67. The van der Waals surface area contributed by atoms with Crippen LogP contribution < -0.4 is 0 Å². The molecule has 0 aromatic heterocycles. The Kier molecular flexibility index (Phi) is 11.1. The summed E-state index contributed by atoms with van der Waals surface area (Å²) in [5.74, 6) is 5.02. The van der Waals surface area contributed by atoms with Gasteiger partial charge in [-0.15, -0.1) is 0 Å². The smallest absolute Gasteiger partial charge is 0.0575 e. The maximum Gasteiger partial charge on any atom is 0.0575 e. The molecule has 0 spiro atoms. The van der Waals surface area contributed by atoms with Crippen molar-refractivity contribution < 1.29 is 4.74 Å². The molecule has 172 valence electrons. The Labute approximate surface area is 188 Å². The predicted molar refractivity (Wildman–Crippen MR) is 131 cm³/mol. The second-order valence-electron chi connectivity index (χ2n) is 10.7. The largest absolute Gasteiger partial charge is 0.378 e. The van der Waals surface area contributed by atoms with E-state index in [1.54, 1.807) is 0 Å². The quantitative estimate of drug-likeness (QED) is 0.256. The van der Waals surface area contributed by atoms with Gasteiger partial charge in [-0.3, -0.25) is 0 Å². The van der Waals surface area contributed by atoms with Crippen LogP contribution in [0.15, 0.2) is 24.3 Å². The lowest BCUT2D eigenvalue weighted by molar-refractivity contribution is 0.00437. The fraction of sp³-hybridized carbons (Fsp3) is 0.862. The molecule has 0 radical (unpaired) electrons. The van der Waals surface area contributed by atoms with Crippen LogP contribution in [0.2, 0.25) is 0 Å². The molecule has 3 rings (SSSR count). The van der Waals surface area contributed by atoms with Crippen molar-refractivity contribution >= 4 is 0 Å². The molecule has 0 bridgehead atoms. The minimum atomic E-state index is 0.580. The molecule has 0 amide bonds. The van der Waals surface area contributed by atoms with E-state index in [0.29, 0.717) is 6.10 Å². The van der Waals surface area contributed by atoms with Crippen LogP contribution in [0.3, 0.4) is 0 Å². The molecular formula is C29H50O. The Bertz CT molecular complexity index is 482. The molecule has 3 aliphatic rings. The SMILES string of the molecule is C/C=C/CC/C=C/C1CCC(C2CCC(C3CCC(OCCCC)CC3)CC2)CC1. The monoisotopic (exact) mass is 414 g/mol. The van der Waals surface area contributed by atoms with Gasteiger partial charge < -0.3 is 4.74 Å². The van der Waals surface area contributed by atoms with Crippen LogP contribution in [0.5, 0.6) is 0 Å². The Morgan fingerprint density at radius 2 is 1.17 bits per heavy atom. The summed E-state index contributed by atoms with van der Waals surface area (Å²) in [5.41, 5.74) is 0. The van der Waals surface area contributed by atoms with E-state index in [-0.39, 0.29) is 0 Å². The van der Waals surface area contributed by atoms with E-state index in [2.05, 4.69) is 38.2 Å². The molecular weight excluding hydrogens is 364 g/mol. The molecule has 1 nitrogen and oxygen atoms in total. The van der Waals surface area contributed by atoms with Gasteiger partial charge in [-0.1, -0.05) is 37.6 Å². The van der Waals surface area contributed by atoms with Crippen molar-refractivity contribution in [2.45, 2.75) is 123 Å². The molecule has 0 aromatic rings. The third kappa shape index (κ3) is 7.85. The lowest BCUT2D eigenvalue weighted by atomic mass is 9.65. The van der Waals surface area contributed by atoms with Gasteiger partial charge in [0.25, 0.3) is 0 Å². The first kappa shape index (κ1) is 24.1. The molecule has 0 atom stereocenters. The van der Waals surface area contributed by atoms with Gasteiger partial charge in [0.1, 0.15) is 0 Å². The first-order valence-corrected chi connectivity index (χ1v) is 13.7. The molecule has 1 heteroatoms. The zero-order valence-corrected chi connectivity index (χ0v) is 20.2. The molecule has 3 aliphatic carbocycles. The first-order chi connectivity index (χ1) is 14.8. The molecule has 3 saturated carbocycles. The second-order valence-corrected chi connectivity index (χ2v) is 10.7. The maximum atomic E-state index is 6.10.